The van der Waals surface area contributed by atoms with Gasteiger partial charge >= 0.3 is 0 Å². The first-order valence-electron chi connectivity index (χ1n) is 6.86. The molecule has 3 rings (SSSR count). The van der Waals surface area contributed by atoms with Gasteiger partial charge in [0, 0.05) is 31.8 Å². The maximum absolute atomic E-state index is 6.10. The number of rotatable bonds is 2. The van der Waals surface area contributed by atoms with E-state index in [1.54, 1.807) is 0 Å². The van der Waals surface area contributed by atoms with Crippen molar-refractivity contribution in [3.63, 3.8) is 0 Å². The monoisotopic (exact) mass is 224 g/mol. The first kappa shape index (κ1) is 11.0. The second kappa shape index (κ2) is 4.28. The van der Waals surface area contributed by atoms with Gasteiger partial charge in [-0.1, -0.05) is 12.8 Å². The summed E-state index contributed by atoms with van der Waals surface area (Å²) in [5, 5.41) is 3.37. The number of hydrogen-bond acceptors (Lipinski definition) is 3. The molecular weight excluding hydrogens is 200 g/mol. The quantitative estimate of drug-likeness (QED) is 0.767. The molecule has 92 valence electrons. The van der Waals surface area contributed by atoms with Crippen molar-refractivity contribution in [3.8, 4) is 0 Å². The highest BCUT2D eigenvalue weighted by molar-refractivity contribution is 4.96. The molecule has 1 unspecified atom stereocenters. The second-order valence-corrected chi connectivity index (χ2v) is 5.86. The number of nitrogens with zero attached hydrogens (tertiary/aromatic N) is 1. The Morgan fingerprint density at radius 3 is 2.56 bits per heavy atom. The highest BCUT2D eigenvalue weighted by Gasteiger charge is 2.42. The Kier molecular flexibility index (Phi) is 2.94. The Morgan fingerprint density at radius 1 is 1.19 bits per heavy atom. The normalized spacial score (nSPS) is 34.5. The Morgan fingerprint density at radius 2 is 1.94 bits per heavy atom. The highest BCUT2D eigenvalue weighted by atomic mass is 16.5. The number of nitrogens with one attached hydrogen (secondary N) is 1. The lowest BCUT2D eigenvalue weighted by atomic mass is 9.87. The average molecular weight is 224 g/mol. The largest absolute Gasteiger partial charge is 0.375 e. The van der Waals surface area contributed by atoms with Gasteiger partial charge in [-0.15, -0.1) is 0 Å². The van der Waals surface area contributed by atoms with E-state index in [2.05, 4.69) is 17.3 Å². The Balaban J connectivity index is 1.62. The van der Waals surface area contributed by atoms with E-state index in [0.717, 1.165) is 18.7 Å². The van der Waals surface area contributed by atoms with Crippen LogP contribution in [0.25, 0.3) is 0 Å². The summed E-state index contributed by atoms with van der Waals surface area (Å²) in [6.07, 6.45) is 7.87. The van der Waals surface area contributed by atoms with Gasteiger partial charge in [0.2, 0.25) is 0 Å². The maximum Gasteiger partial charge on any atom is 0.0697 e. The molecule has 16 heavy (non-hydrogen) atoms. The van der Waals surface area contributed by atoms with Gasteiger partial charge in [-0.05, 0) is 32.7 Å². The molecule has 0 aromatic carbocycles. The lowest BCUT2D eigenvalue weighted by molar-refractivity contribution is -0.105. The van der Waals surface area contributed by atoms with Crippen LogP contribution in [0.2, 0.25) is 0 Å². The van der Waals surface area contributed by atoms with E-state index in [4.69, 9.17) is 4.74 Å². The highest BCUT2D eigenvalue weighted by Crippen LogP contribution is 2.41. The summed E-state index contributed by atoms with van der Waals surface area (Å²) in [6, 6.07) is 1.54. The van der Waals surface area contributed by atoms with Crippen LogP contribution in [0.3, 0.4) is 0 Å². The van der Waals surface area contributed by atoms with Crippen LogP contribution in [0, 0.1) is 0 Å². The van der Waals surface area contributed by atoms with E-state index in [1.165, 1.54) is 51.6 Å². The van der Waals surface area contributed by atoms with Crippen molar-refractivity contribution in [2.45, 2.75) is 56.2 Å². The topological polar surface area (TPSA) is 24.5 Å². The summed E-state index contributed by atoms with van der Waals surface area (Å²) >= 11 is 0. The van der Waals surface area contributed by atoms with Crippen LogP contribution >= 0.6 is 0 Å². The smallest absolute Gasteiger partial charge is 0.0697 e. The molecule has 3 aliphatic rings. The molecule has 0 aromatic rings. The molecule has 2 saturated heterocycles. The minimum Gasteiger partial charge on any atom is -0.375 e. The molecule has 3 heteroatoms. The first-order valence-corrected chi connectivity index (χ1v) is 6.86. The molecule has 0 radical (unpaired) electrons. The van der Waals surface area contributed by atoms with E-state index in [9.17, 15) is 0 Å². The zero-order valence-electron chi connectivity index (χ0n) is 10.4. The SMILES string of the molecule is CN(C1CNC1)C1CCOC2(CCCC2)C1. The second-order valence-electron chi connectivity index (χ2n) is 5.86. The lowest BCUT2D eigenvalue weighted by Crippen LogP contribution is -2.60. The number of ether oxygens (including phenoxy) is 1. The number of likely N-dealkylation sites (N-methyl/N-ethyl adjacent to an activating group) is 1. The Hall–Kier alpha value is -0.120. The van der Waals surface area contributed by atoms with Gasteiger partial charge in [0.15, 0.2) is 0 Å². The lowest BCUT2D eigenvalue weighted by Gasteiger charge is -2.46. The molecule has 1 N–H and O–H groups in total. The Labute approximate surface area is 98.5 Å². The van der Waals surface area contributed by atoms with Crippen LogP contribution in [0.5, 0.6) is 0 Å². The molecule has 2 aliphatic heterocycles. The summed E-state index contributed by atoms with van der Waals surface area (Å²) in [6.45, 7) is 3.34. The van der Waals surface area contributed by atoms with Crippen molar-refractivity contribution >= 4 is 0 Å². The minimum absolute atomic E-state index is 0.272. The summed E-state index contributed by atoms with van der Waals surface area (Å²) in [7, 11) is 2.31. The van der Waals surface area contributed by atoms with E-state index in [0.29, 0.717) is 0 Å². The zero-order valence-corrected chi connectivity index (χ0v) is 10.4. The van der Waals surface area contributed by atoms with Crippen LogP contribution in [0.15, 0.2) is 0 Å². The maximum atomic E-state index is 6.10. The number of hydrogen-bond donors (Lipinski definition) is 1. The third-order valence-electron chi connectivity index (χ3n) is 4.89. The van der Waals surface area contributed by atoms with Crippen molar-refractivity contribution in [1.82, 2.24) is 10.2 Å². The molecule has 3 nitrogen and oxygen atoms in total. The summed E-state index contributed by atoms with van der Waals surface area (Å²) < 4.78 is 6.10. The fourth-order valence-corrected chi connectivity index (χ4v) is 3.58. The van der Waals surface area contributed by atoms with E-state index in [1.807, 2.05) is 0 Å². The van der Waals surface area contributed by atoms with Crippen LogP contribution in [-0.4, -0.2) is 49.3 Å². The van der Waals surface area contributed by atoms with Crippen molar-refractivity contribution < 1.29 is 4.74 Å². The van der Waals surface area contributed by atoms with Crippen molar-refractivity contribution in [3.05, 3.63) is 0 Å². The molecule has 0 aromatic heterocycles. The summed E-state index contributed by atoms with van der Waals surface area (Å²) in [5.74, 6) is 0. The van der Waals surface area contributed by atoms with E-state index in [-0.39, 0.29) is 5.60 Å². The van der Waals surface area contributed by atoms with Crippen LogP contribution < -0.4 is 5.32 Å². The predicted octanol–water partition coefficient (Wildman–Crippen LogP) is 1.38. The van der Waals surface area contributed by atoms with Gasteiger partial charge in [-0.25, -0.2) is 0 Å². The third-order valence-corrected chi connectivity index (χ3v) is 4.89. The first-order chi connectivity index (χ1) is 7.79. The summed E-state index contributed by atoms with van der Waals surface area (Å²) in [4.78, 5) is 2.61. The van der Waals surface area contributed by atoms with Gasteiger partial charge in [0.1, 0.15) is 0 Å². The van der Waals surface area contributed by atoms with E-state index >= 15 is 0 Å². The van der Waals surface area contributed by atoms with Gasteiger partial charge in [-0.2, -0.15) is 0 Å². The van der Waals surface area contributed by atoms with Crippen LogP contribution in [-0.2, 0) is 4.74 Å². The standard InChI is InChI=1S/C13H24N2O/c1-15(12-9-14-10-12)11-4-7-16-13(8-11)5-2-3-6-13/h11-12,14H,2-10H2,1H3. The molecule has 1 atom stereocenters. The third kappa shape index (κ3) is 1.89. The van der Waals surface area contributed by atoms with Crippen LogP contribution in [0.4, 0.5) is 0 Å². The predicted molar refractivity (Wildman–Crippen MR) is 64.6 cm³/mol. The molecule has 1 saturated carbocycles. The average Bonchev–Trinajstić information content (AvgIpc) is 2.64. The zero-order chi connectivity index (χ0) is 11.0. The Bertz CT molecular complexity index is 246. The van der Waals surface area contributed by atoms with Crippen molar-refractivity contribution in [1.29, 1.82) is 0 Å². The molecule has 1 aliphatic carbocycles. The fourth-order valence-electron chi connectivity index (χ4n) is 3.58. The van der Waals surface area contributed by atoms with Crippen LogP contribution in [0.1, 0.15) is 38.5 Å². The molecule has 2 heterocycles. The van der Waals surface area contributed by atoms with Gasteiger partial charge in [-0.3, -0.25) is 4.90 Å². The minimum atomic E-state index is 0.272. The fraction of sp³-hybridized carbons (Fsp3) is 1.00. The molecule has 0 amide bonds. The van der Waals surface area contributed by atoms with Gasteiger partial charge in [0.25, 0.3) is 0 Å². The van der Waals surface area contributed by atoms with Gasteiger partial charge < -0.3 is 10.1 Å². The van der Waals surface area contributed by atoms with Gasteiger partial charge in [0.05, 0.1) is 5.60 Å². The van der Waals surface area contributed by atoms with Crippen molar-refractivity contribution in [2.24, 2.45) is 0 Å². The summed E-state index contributed by atoms with van der Waals surface area (Å²) in [5.41, 5.74) is 0.272. The molecule has 1 spiro atoms. The van der Waals surface area contributed by atoms with E-state index < -0.39 is 0 Å². The molecule has 0 bridgehead atoms. The molecular formula is C13H24N2O. The molecule has 3 fully saturated rings. The van der Waals surface area contributed by atoms with Crippen molar-refractivity contribution in [2.75, 3.05) is 26.7 Å².